The van der Waals surface area contributed by atoms with E-state index in [1.54, 1.807) is 0 Å². The Morgan fingerprint density at radius 1 is 1.12 bits per heavy atom. The highest BCUT2D eigenvalue weighted by Gasteiger charge is 2.34. The third-order valence-electron chi connectivity index (χ3n) is 4.70. The Balaban J connectivity index is 1.89. The van der Waals surface area contributed by atoms with E-state index < -0.39 is 0 Å². The number of rotatable bonds is 3. The second-order valence-electron chi connectivity index (χ2n) is 6.12. The summed E-state index contributed by atoms with van der Waals surface area (Å²) in [4.78, 5) is 2.42. The molecule has 1 saturated heterocycles. The average molecular weight is 239 g/mol. The average Bonchev–Trinajstić information content (AvgIpc) is 2.61. The lowest BCUT2D eigenvalue weighted by atomic mass is 9.86. The summed E-state index contributed by atoms with van der Waals surface area (Å²) in [5, 5.41) is 3.93. The van der Waals surface area contributed by atoms with Crippen molar-refractivity contribution < 1.29 is 0 Å². The molecule has 1 saturated carbocycles. The molecular formula is C14H29N3. The van der Waals surface area contributed by atoms with E-state index in [4.69, 9.17) is 5.73 Å². The van der Waals surface area contributed by atoms with Crippen LogP contribution in [0.1, 0.15) is 51.4 Å². The monoisotopic (exact) mass is 239 g/mol. The molecule has 2 aliphatic rings. The molecule has 1 heterocycles. The van der Waals surface area contributed by atoms with Crippen molar-refractivity contribution in [1.82, 2.24) is 10.2 Å². The van der Waals surface area contributed by atoms with E-state index in [2.05, 4.69) is 17.3 Å². The Morgan fingerprint density at radius 2 is 1.71 bits per heavy atom. The van der Waals surface area contributed by atoms with E-state index >= 15 is 0 Å². The van der Waals surface area contributed by atoms with E-state index in [1.807, 2.05) is 0 Å². The second kappa shape index (κ2) is 6.17. The van der Waals surface area contributed by atoms with Crippen LogP contribution in [0.4, 0.5) is 0 Å². The highest BCUT2D eigenvalue weighted by Crippen LogP contribution is 2.25. The predicted octanol–water partition coefficient (Wildman–Crippen LogP) is 1.72. The van der Waals surface area contributed by atoms with Crippen molar-refractivity contribution in [3.8, 4) is 0 Å². The van der Waals surface area contributed by atoms with Gasteiger partial charge < -0.3 is 16.0 Å². The third kappa shape index (κ3) is 3.67. The topological polar surface area (TPSA) is 41.3 Å². The molecule has 1 aliphatic heterocycles. The minimum atomic E-state index is 0.238. The smallest absolute Gasteiger partial charge is 0.0330 e. The van der Waals surface area contributed by atoms with Crippen LogP contribution in [0.25, 0.3) is 0 Å². The molecule has 3 N–H and O–H groups in total. The summed E-state index contributed by atoms with van der Waals surface area (Å²) in [6.07, 6.45) is 10.8. The molecule has 3 heteroatoms. The molecule has 0 amide bonds. The Labute approximate surface area is 106 Å². The van der Waals surface area contributed by atoms with E-state index in [0.717, 1.165) is 12.6 Å². The number of nitrogens with one attached hydrogen (secondary N) is 1. The molecule has 100 valence electrons. The van der Waals surface area contributed by atoms with Crippen molar-refractivity contribution >= 4 is 0 Å². The van der Waals surface area contributed by atoms with Crippen molar-refractivity contribution in [2.24, 2.45) is 5.73 Å². The highest BCUT2D eigenvalue weighted by atomic mass is 15.1. The van der Waals surface area contributed by atoms with Gasteiger partial charge in [0.2, 0.25) is 0 Å². The fraction of sp³-hybridized carbons (Fsp3) is 1.00. The molecule has 0 spiro atoms. The van der Waals surface area contributed by atoms with E-state index in [9.17, 15) is 0 Å². The van der Waals surface area contributed by atoms with Gasteiger partial charge in [0.05, 0.1) is 0 Å². The maximum Gasteiger partial charge on any atom is 0.0330 e. The van der Waals surface area contributed by atoms with Crippen molar-refractivity contribution in [3.63, 3.8) is 0 Å². The van der Waals surface area contributed by atoms with Crippen LogP contribution < -0.4 is 11.1 Å². The van der Waals surface area contributed by atoms with Crippen LogP contribution in [0.15, 0.2) is 0 Å². The van der Waals surface area contributed by atoms with Gasteiger partial charge in [-0.05, 0) is 45.8 Å². The molecule has 0 unspecified atom stereocenters. The van der Waals surface area contributed by atoms with Crippen molar-refractivity contribution in [2.75, 3.05) is 26.7 Å². The lowest BCUT2D eigenvalue weighted by Crippen LogP contribution is -2.59. The highest BCUT2D eigenvalue weighted by molar-refractivity contribution is 4.96. The number of piperidine rings is 1. The van der Waals surface area contributed by atoms with Crippen LogP contribution >= 0.6 is 0 Å². The van der Waals surface area contributed by atoms with Gasteiger partial charge >= 0.3 is 0 Å². The molecule has 2 rings (SSSR count). The normalized spacial score (nSPS) is 27.9. The van der Waals surface area contributed by atoms with Crippen LogP contribution in [0.2, 0.25) is 0 Å². The quantitative estimate of drug-likeness (QED) is 0.737. The first kappa shape index (κ1) is 13.3. The molecule has 17 heavy (non-hydrogen) atoms. The molecule has 0 atom stereocenters. The first-order valence-electron chi connectivity index (χ1n) is 7.40. The largest absolute Gasteiger partial charge is 0.329 e. The summed E-state index contributed by atoms with van der Waals surface area (Å²) in [5.74, 6) is 0. The van der Waals surface area contributed by atoms with Gasteiger partial charge in [-0.1, -0.05) is 25.7 Å². The summed E-state index contributed by atoms with van der Waals surface area (Å²) in [6, 6.07) is 0.726. The zero-order valence-corrected chi connectivity index (χ0v) is 11.4. The summed E-state index contributed by atoms with van der Waals surface area (Å²) in [5.41, 5.74) is 6.30. The van der Waals surface area contributed by atoms with Gasteiger partial charge in [0.1, 0.15) is 0 Å². The Kier molecular flexibility index (Phi) is 4.83. The first-order chi connectivity index (χ1) is 8.24. The first-order valence-corrected chi connectivity index (χ1v) is 7.40. The van der Waals surface area contributed by atoms with Crippen LogP contribution in [-0.4, -0.2) is 43.2 Å². The Hall–Kier alpha value is -0.120. The van der Waals surface area contributed by atoms with Gasteiger partial charge in [-0.15, -0.1) is 0 Å². The number of nitrogens with zero attached hydrogens (tertiary/aromatic N) is 1. The molecule has 1 aliphatic carbocycles. The Morgan fingerprint density at radius 3 is 2.24 bits per heavy atom. The Bertz CT molecular complexity index is 214. The van der Waals surface area contributed by atoms with Gasteiger partial charge in [-0.25, -0.2) is 0 Å². The minimum absolute atomic E-state index is 0.238. The van der Waals surface area contributed by atoms with Gasteiger partial charge in [0, 0.05) is 18.1 Å². The summed E-state index contributed by atoms with van der Waals surface area (Å²) in [7, 11) is 2.21. The molecule has 0 aromatic rings. The van der Waals surface area contributed by atoms with Crippen LogP contribution in [0.3, 0.4) is 0 Å². The maximum absolute atomic E-state index is 6.06. The van der Waals surface area contributed by atoms with Crippen molar-refractivity contribution in [3.05, 3.63) is 0 Å². The lowest BCUT2D eigenvalue weighted by molar-refractivity contribution is 0.145. The molecular weight excluding hydrogens is 210 g/mol. The van der Waals surface area contributed by atoms with Gasteiger partial charge in [-0.2, -0.15) is 0 Å². The van der Waals surface area contributed by atoms with Gasteiger partial charge in [0.25, 0.3) is 0 Å². The summed E-state index contributed by atoms with van der Waals surface area (Å²) >= 11 is 0. The molecule has 0 aromatic heterocycles. The maximum atomic E-state index is 6.06. The zero-order valence-electron chi connectivity index (χ0n) is 11.4. The third-order valence-corrected chi connectivity index (χ3v) is 4.70. The van der Waals surface area contributed by atoms with E-state index in [0.29, 0.717) is 0 Å². The number of hydrogen-bond donors (Lipinski definition) is 2. The van der Waals surface area contributed by atoms with Crippen LogP contribution in [0.5, 0.6) is 0 Å². The summed E-state index contributed by atoms with van der Waals surface area (Å²) in [6.45, 7) is 3.19. The standard InChI is InChI=1S/C14H29N3/c1-17-10-8-14(12-15,9-11-17)16-13-6-4-2-3-5-7-13/h13,16H,2-12,15H2,1H3. The minimum Gasteiger partial charge on any atom is -0.329 e. The fourth-order valence-corrected chi connectivity index (χ4v) is 3.31. The molecule has 0 aromatic carbocycles. The van der Waals surface area contributed by atoms with E-state index in [-0.39, 0.29) is 5.54 Å². The van der Waals surface area contributed by atoms with E-state index in [1.165, 1.54) is 64.5 Å². The molecule has 0 radical (unpaired) electrons. The molecule has 2 fully saturated rings. The predicted molar refractivity (Wildman–Crippen MR) is 73.1 cm³/mol. The van der Waals surface area contributed by atoms with Crippen molar-refractivity contribution in [2.45, 2.75) is 62.9 Å². The zero-order chi connectivity index (χ0) is 12.1. The summed E-state index contributed by atoms with van der Waals surface area (Å²) < 4.78 is 0. The number of nitrogens with two attached hydrogens (primary N) is 1. The van der Waals surface area contributed by atoms with Crippen LogP contribution in [0, 0.1) is 0 Å². The molecule has 0 bridgehead atoms. The molecule has 3 nitrogen and oxygen atoms in total. The second-order valence-corrected chi connectivity index (χ2v) is 6.12. The number of likely N-dealkylation sites (tertiary alicyclic amines) is 1. The van der Waals surface area contributed by atoms with Crippen molar-refractivity contribution in [1.29, 1.82) is 0 Å². The van der Waals surface area contributed by atoms with Crippen LogP contribution in [-0.2, 0) is 0 Å². The SMILES string of the molecule is CN1CCC(CN)(NC2CCCCCC2)CC1. The van der Waals surface area contributed by atoms with Gasteiger partial charge in [-0.3, -0.25) is 0 Å². The van der Waals surface area contributed by atoms with Gasteiger partial charge in [0.15, 0.2) is 0 Å². The fourth-order valence-electron chi connectivity index (χ4n) is 3.31. The number of hydrogen-bond acceptors (Lipinski definition) is 3. The lowest BCUT2D eigenvalue weighted by Gasteiger charge is -2.43.